The largest absolute Gasteiger partial charge is 0.373 e. The fourth-order valence-corrected chi connectivity index (χ4v) is 4.10. The molecular formula is C19H26N6O3. The van der Waals surface area contributed by atoms with E-state index in [-0.39, 0.29) is 29.3 Å². The maximum Gasteiger partial charge on any atom is 0.274 e. The Kier molecular flexibility index (Phi) is 5.54. The first-order chi connectivity index (χ1) is 13.6. The van der Waals surface area contributed by atoms with E-state index in [1.165, 1.54) is 25.5 Å². The summed E-state index contributed by atoms with van der Waals surface area (Å²) in [4.78, 5) is 35.3. The van der Waals surface area contributed by atoms with Gasteiger partial charge in [-0.25, -0.2) is 4.98 Å². The van der Waals surface area contributed by atoms with Crippen LogP contribution in [-0.2, 0) is 11.8 Å². The zero-order valence-corrected chi connectivity index (χ0v) is 16.1. The van der Waals surface area contributed by atoms with E-state index in [1.54, 1.807) is 15.8 Å². The number of morpholine rings is 1. The monoisotopic (exact) mass is 386 g/mol. The van der Waals surface area contributed by atoms with Crippen molar-refractivity contribution in [2.24, 2.45) is 7.05 Å². The number of aryl methyl sites for hydroxylation is 1. The number of nitrogens with zero attached hydrogens (tertiary/aromatic N) is 5. The van der Waals surface area contributed by atoms with E-state index in [2.05, 4.69) is 20.0 Å². The summed E-state index contributed by atoms with van der Waals surface area (Å²) < 4.78 is 7.88. The van der Waals surface area contributed by atoms with E-state index in [0.717, 1.165) is 31.4 Å². The average molecular weight is 386 g/mol. The summed E-state index contributed by atoms with van der Waals surface area (Å²) in [5, 5.41) is 4.30. The molecule has 0 unspecified atom stereocenters. The Morgan fingerprint density at radius 3 is 2.75 bits per heavy atom. The third kappa shape index (κ3) is 4.00. The summed E-state index contributed by atoms with van der Waals surface area (Å²) in [5.74, 6) is -0.211. The van der Waals surface area contributed by atoms with E-state index in [9.17, 15) is 9.59 Å². The molecule has 0 radical (unpaired) electrons. The van der Waals surface area contributed by atoms with Crippen molar-refractivity contribution in [3.05, 3.63) is 46.4 Å². The lowest BCUT2D eigenvalue weighted by molar-refractivity contribution is -0.0743. The first-order valence-corrected chi connectivity index (χ1v) is 9.80. The Labute approximate surface area is 163 Å². The van der Waals surface area contributed by atoms with E-state index >= 15 is 0 Å². The summed E-state index contributed by atoms with van der Waals surface area (Å²) in [6.07, 6.45) is 9.78. The van der Waals surface area contributed by atoms with Crippen LogP contribution in [0.15, 0.2) is 29.6 Å². The predicted molar refractivity (Wildman–Crippen MR) is 102 cm³/mol. The standard InChI is InChI=1S/C19H26N6O3/c1-23-12-14(9-22-23)18-16(13-24-5-3-2-4-6-24)28-8-7-25(18)19(27)15-10-21-17(26)11-20-15/h9-12,16,18H,2-8,13H2,1H3,(H,21,26)/t16-,18-/m0/s1. The molecule has 4 rings (SSSR count). The van der Waals surface area contributed by atoms with E-state index < -0.39 is 0 Å². The van der Waals surface area contributed by atoms with Gasteiger partial charge in [-0.1, -0.05) is 6.42 Å². The Morgan fingerprint density at radius 2 is 2.07 bits per heavy atom. The number of rotatable bonds is 4. The second-order valence-corrected chi connectivity index (χ2v) is 7.46. The van der Waals surface area contributed by atoms with Crippen molar-refractivity contribution in [2.75, 3.05) is 32.8 Å². The zero-order chi connectivity index (χ0) is 19.5. The lowest BCUT2D eigenvalue weighted by Gasteiger charge is -2.43. The van der Waals surface area contributed by atoms with Gasteiger partial charge in [0.05, 0.1) is 31.1 Å². The van der Waals surface area contributed by atoms with Gasteiger partial charge < -0.3 is 19.5 Å². The molecule has 2 aromatic heterocycles. The summed E-state index contributed by atoms with van der Waals surface area (Å²) in [7, 11) is 1.86. The van der Waals surface area contributed by atoms with Crippen LogP contribution in [0.2, 0.25) is 0 Å². The molecule has 2 aromatic rings. The second-order valence-electron chi connectivity index (χ2n) is 7.46. The molecule has 0 saturated carbocycles. The molecule has 0 aromatic carbocycles. The highest BCUT2D eigenvalue weighted by atomic mass is 16.5. The molecule has 2 aliphatic heterocycles. The quantitative estimate of drug-likeness (QED) is 0.825. The molecule has 2 atom stereocenters. The lowest BCUT2D eigenvalue weighted by atomic mass is 9.99. The van der Waals surface area contributed by atoms with Gasteiger partial charge in [0.2, 0.25) is 0 Å². The third-order valence-corrected chi connectivity index (χ3v) is 5.46. The number of H-pyrrole nitrogens is 1. The number of ether oxygens (including phenoxy) is 1. The molecule has 9 heteroatoms. The minimum Gasteiger partial charge on any atom is -0.373 e. The fraction of sp³-hybridized carbons (Fsp3) is 0.579. The van der Waals surface area contributed by atoms with Crippen molar-refractivity contribution in [1.29, 1.82) is 0 Å². The number of carbonyl (C=O) groups is 1. The normalized spacial score (nSPS) is 23.7. The zero-order valence-electron chi connectivity index (χ0n) is 16.1. The molecule has 4 heterocycles. The predicted octanol–water partition coefficient (Wildman–Crippen LogP) is 0.572. The third-order valence-electron chi connectivity index (χ3n) is 5.46. The highest BCUT2D eigenvalue weighted by Crippen LogP contribution is 2.31. The number of nitrogens with one attached hydrogen (secondary N) is 1. The number of likely N-dealkylation sites (tertiary alicyclic amines) is 1. The number of hydrogen-bond donors (Lipinski definition) is 1. The molecule has 9 nitrogen and oxygen atoms in total. The number of hydrogen-bond acceptors (Lipinski definition) is 6. The Hall–Kier alpha value is -2.52. The fourth-order valence-electron chi connectivity index (χ4n) is 4.10. The van der Waals surface area contributed by atoms with Crippen molar-refractivity contribution >= 4 is 5.91 Å². The minimum atomic E-state index is -0.328. The summed E-state index contributed by atoms with van der Waals surface area (Å²) in [6, 6.07) is -0.245. The van der Waals surface area contributed by atoms with Crippen LogP contribution in [0, 0.1) is 0 Å². The van der Waals surface area contributed by atoms with Crippen LogP contribution >= 0.6 is 0 Å². The van der Waals surface area contributed by atoms with Crippen molar-refractivity contribution in [3.8, 4) is 0 Å². The van der Waals surface area contributed by atoms with Crippen LogP contribution in [-0.4, -0.2) is 74.3 Å². The number of aromatic amines is 1. The smallest absolute Gasteiger partial charge is 0.274 e. The van der Waals surface area contributed by atoms with Crippen LogP contribution in [0.3, 0.4) is 0 Å². The van der Waals surface area contributed by atoms with Gasteiger partial charge in [-0.3, -0.25) is 14.3 Å². The maximum absolute atomic E-state index is 13.2. The molecule has 0 aliphatic carbocycles. The SMILES string of the molecule is Cn1cc([C@H]2[C@H](CN3CCCCC3)OCCN2C(=O)c2c[nH]c(=O)cn2)cn1. The first-order valence-electron chi connectivity index (χ1n) is 9.80. The summed E-state index contributed by atoms with van der Waals surface area (Å²) in [6.45, 7) is 3.85. The van der Waals surface area contributed by atoms with Gasteiger partial charge in [-0.15, -0.1) is 0 Å². The van der Waals surface area contributed by atoms with Crippen molar-refractivity contribution < 1.29 is 9.53 Å². The molecule has 150 valence electrons. The average Bonchev–Trinajstić information content (AvgIpc) is 3.14. The first kappa shape index (κ1) is 18.8. The van der Waals surface area contributed by atoms with Gasteiger partial charge in [0.1, 0.15) is 5.69 Å². The molecule has 2 saturated heterocycles. The van der Waals surface area contributed by atoms with Gasteiger partial charge in [-0.2, -0.15) is 5.10 Å². The highest BCUT2D eigenvalue weighted by Gasteiger charge is 2.38. The van der Waals surface area contributed by atoms with Crippen LogP contribution in [0.25, 0.3) is 0 Å². The Morgan fingerprint density at radius 1 is 1.25 bits per heavy atom. The van der Waals surface area contributed by atoms with Gasteiger partial charge in [-0.05, 0) is 25.9 Å². The molecule has 1 N–H and O–H groups in total. The van der Waals surface area contributed by atoms with E-state index in [0.29, 0.717) is 13.2 Å². The second kappa shape index (κ2) is 8.24. The Bertz CT molecular complexity index is 852. The molecule has 0 bridgehead atoms. The molecule has 2 fully saturated rings. The molecular weight excluding hydrogens is 360 g/mol. The number of carbonyl (C=O) groups excluding carboxylic acids is 1. The van der Waals surface area contributed by atoms with Crippen LogP contribution in [0.4, 0.5) is 0 Å². The van der Waals surface area contributed by atoms with Gasteiger partial charge in [0.15, 0.2) is 0 Å². The van der Waals surface area contributed by atoms with E-state index in [4.69, 9.17) is 4.74 Å². The van der Waals surface area contributed by atoms with Crippen LogP contribution in [0.1, 0.15) is 41.4 Å². The maximum atomic E-state index is 13.2. The van der Waals surface area contributed by atoms with Crippen molar-refractivity contribution in [3.63, 3.8) is 0 Å². The molecule has 28 heavy (non-hydrogen) atoms. The minimum absolute atomic E-state index is 0.136. The Balaban J connectivity index is 1.62. The van der Waals surface area contributed by atoms with Gasteiger partial charge >= 0.3 is 0 Å². The molecule has 0 spiro atoms. The summed E-state index contributed by atoms with van der Waals surface area (Å²) in [5.41, 5.74) is 0.847. The lowest BCUT2D eigenvalue weighted by Crippen LogP contribution is -2.52. The van der Waals surface area contributed by atoms with Crippen LogP contribution < -0.4 is 5.56 Å². The van der Waals surface area contributed by atoms with Crippen molar-refractivity contribution in [1.82, 2.24) is 29.5 Å². The number of aromatic nitrogens is 4. The molecule has 2 aliphatic rings. The molecule has 1 amide bonds. The van der Waals surface area contributed by atoms with Crippen molar-refractivity contribution in [2.45, 2.75) is 31.4 Å². The number of amides is 1. The highest BCUT2D eigenvalue weighted by molar-refractivity contribution is 5.92. The van der Waals surface area contributed by atoms with Gasteiger partial charge in [0, 0.05) is 38.1 Å². The number of piperidine rings is 1. The van der Waals surface area contributed by atoms with E-state index in [1.807, 2.05) is 13.2 Å². The topological polar surface area (TPSA) is 96.3 Å². The van der Waals surface area contributed by atoms with Gasteiger partial charge in [0.25, 0.3) is 11.5 Å². The van der Waals surface area contributed by atoms with Crippen LogP contribution in [0.5, 0.6) is 0 Å². The summed E-state index contributed by atoms with van der Waals surface area (Å²) >= 11 is 0.